The van der Waals surface area contributed by atoms with Crippen LogP contribution in [0.25, 0.3) is 38.1 Å². The molecule has 0 bridgehead atoms. The molecule has 4 aromatic heterocycles. The monoisotopic (exact) mass is 446 g/mol. The number of rotatable bonds is 5. The van der Waals surface area contributed by atoms with Gasteiger partial charge in [0.25, 0.3) is 0 Å². The highest BCUT2D eigenvalue weighted by atomic mass is 19.1. The fourth-order valence-electron chi connectivity index (χ4n) is 3.81. The third kappa shape index (κ3) is 4.17. The second-order valence-electron chi connectivity index (χ2n) is 7.79. The Balaban J connectivity index is 1.40. The normalized spacial score (nSPS) is 10.7. The molecule has 5 rings (SSSR count). The lowest BCUT2D eigenvalue weighted by Crippen LogP contribution is -2.05. The first-order chi connectivity index (χ1) is 16.6. The number of nitrogens with one attached hydrogen (secondary N) is 1. The first kappa shape index (κ1) is 21.2. The van der Waals surface area contributed by atoms with Gasteiger partial charge in [0, 0.05) is 48.0 Å². The number of benzene rings is 1. The fourth-order valence-corrected chi connectivity index (χ4v) is 3.81. The standard InChI is InChI=1S/C27H19FN6/c1-17-12-21(7-10-30-17)26-24(29-2)13-18(15-33-26)16-34-27-25(28)22(8-11-32-27)19-5-6-23-20(14-19)4-3-9-31-23/h3-15H,16H2,1H3,(H,32,34). The van der Waals surface area contributed by atoms with Crippen molar-refractivity contribution in [1.29, 1.82) is 0 Å². The molecular formula is C27H19FN6. The molecule has 0 amide bonds. The molecule has 0 spiro atoms. The van der Waals surface area contributed by atoms with Crippen LogP contribution in [0.15, 0.2) is 79.4 Å². The minimum absolute atomic E-state index is 0.141. The first-order valence-electron chi connectivity index (χ1n) is 10.7. The third-order valence-electron chi connectivity index (χ3n) is 5.48. The molecular weight excluding hydrogens is 427 g/mol. The second-order valence-corrected chi connectivity index (χ2v) is 7.79. The Hall–Kier alpha value is -4.70. The van der Waals surface area contributed by atoms with E-state index in [1.807, 2.05) is 49.4 Å². The maximum atomic E-state index is 15.3. The van der Waals surface area contributed by atoms with Crippen LogP contribution < -0.4 is 5.32 Å². The molecule has 0 radical (unpaired) electrons. The summed E-state index contributed by atoms with van der Waals surface area (Å²) in [5, 5.41) is 3.98. The first-order valence-corrected chi connectivity index (χ1v) is 10.7. The Morgan fingerprint density at radius 1 is 0.912 bits per heavy atom. The van der Waals surface area contributed by atoms with Crippen molar-refractivity contribution in [2.45, 2.75) is 13.5 Å². The van der Waals surface area contributed by atoms with E-state index in [9.17, 15) is 0 Å². The van der Waals surface area contributed by atoms with Gasteiger partial charge in [-0.15, -0.1) is 0 Å². The van der Waals surface area contributed by atoms with Crippen molar-refractivity contribution < 1.29 is 4.39 Å². The van der Waals surface area contributed by atoms with Crippen molar-refractivity contribution in [1.82, 2.24) is 19.9 Å². The predicted molar refractivity (Wildman–Crippen MR) is 131 cm³/mol. The molecule has 6 nitrogen and oxygen atoms in total. The van der Waals surface area contributed by atoms with Gasteiger partial charge in [-0.05, 0) is 66.1 Å². The van der Waals surface area contributed by atoms with E-state index in [4.69, 9.17) is 6.57 Å². The highest BCUT2D eigenvalue weighted by Gasteiger charge is 2.13. The lowest BCUT2D eigenvalue weighted by Gasteiger charge is -2.12. The number of aryl methyl sites for hydroxylation is 1. The van der Waals surface area contributed by atoms with E-state index in [0.717, 1.165) is 33.3 Å². The van der Waals surface area contributed by atoms with Crippen LogP contribution in [-0.2, 0) is 6.54 Å². The van der Waals surface area contributed by atoms with Gasteiger partial charge < -0.3 is 5.32 Å². The summed E-state index contributed by atoms with van der Waals surface area (Å²) in [6, 6.07) is 16.6. The average molecular weight is 446 g/mol. The summed E-state index contributed by atoms with van der Waals surface area (Å²) in [7, 11) is 0. The molecule has 0 aliphatic rings. The molecule has 7 heteroatoms. The Labute approximate surface area is 196 Å². The zero-order chi connectivity index (χ0) is 23.5. The molecule has 0 unspecified atom stereocenters. The lowest BCUT2D eigenvalue weighted by atomic mass is 10.0. The summed E-state index contributed by atoms with van der Waals surface area (Å²) < 4.78 is 15.3. The van der Waals surface area contributed by atoms with E-state index in [-0.39, 0.29) is 12.4 Å². The largest absolute Gasteiger partial charge is 0.364 e. The highest BCUT2D eigenvalue weighted by Crippen LogP contribution is 2.31. The summed E-state index contributed by atoms with van der Waals surface area (Å²) in [6.45, 7) is 9.74. The van der Waals surface area contributed by atoms with Crippen molar-refractivity contribution in [3.05, 3.63) is 108 Å². The van der Waals surface area contributed by atoms with E-state index < -0.39 is 5.82 Å². The van der Waals surface area contributed by atoms with Gasteiger partial charge in [0.05, 0.1) is 17.8 Å². The summed E-state index contributed by atoms with van der Waals surface area (Å²) in [4.78, 5) is 20.8. The van der Waals surface area contributed by atoms with Gasteiger partial charge >= 0.3 is 0 Å². The quantitative estimate of drug-likeness (QED) is 0.318. The molecule has 1 N–H and O–H groups in total. The van der Waals surface area contributed by atoms with Gasteiger partial charge in [-0.3, -0.25) is 15.0 Å². The minimum Gasteiger partial charge on any atom is -0.364 e. The zero-order valence-corrected chi connectivity index (χ0v) is 18.3. The van der Waals surface area contributed by atoms with Crippen LogP contribution in [0.5, 0.6) is 0 Å². The van der Waals surface area contributed by atoms with E-state index >= 15 is 4.39 Å². The predicted octanol–water partition coefficient (Wildman–Crippen LogP) is 6.36. The van der Waals surface area contributed by atoms with Crippen molar-refractivity contribution >= 4 is 22.4 Å². The van der Waals surface area contributed by atoms with Crippen molar-refractivity contribution in [2.24, 2.45) is 0 Å². The third-order valence-corrected chi connectivity index (χ3v) is 5.48. The topological polar surface area (TPSA) is 68.0 Å². The van der Waals surface area contributed by atoms with E-state index in [2.05, 4.69) is 30.1 Å². The molecule has 0 fully saturated rings. The molecule has 0 atom stereocenters. The molecule has 34 heavy (non-hydrogen) atoms. The van der Waals surface area contributed by atoms with Crippen molar-refractivity contribution in [3.8, 4) is 22.4 Å². The Morgan fingerprint density at radius 3 is 2.65 bits per heavy atom. The number of hydrogen-bond donors (Lipinski definition) is 1. The number of hydrogen-bond acceptors (Lipinski definition) is 5. The van der Waals surface area contributed by atoms with Gasteiger partial charge in [0.1, 0.15) is 0 Å². The average Bonchev–Trinajstić information content (AvgIpc) is 2.87. The SMILES string of the molecule is [C-]#[N+]c1cc(CNc2nccc(-c3ccc4ncccc4c3)c2F)cnc1-c1ccnc(C)c1. The molecule has 1 aromatic carbocycles. The summed E-state index contributed by atoms with van der Waals surface area (Å²) >= 11 is 0. The molecule has 164 valence electrons. The highest BCUT2D eigenvalue weighted by molar-refractivity contribution is 5.84. The van der Waals surface area contributed by atoms with Gasteiger partial charge in [0.15, 0.2) is 11.6 Å². The van der Waals surface area contributed by atoms with E-state index in [1.165, 1.54) is 0 Å². The van der Waals surface area contributed by atoms with E-state index in [0.29, 0.717) is 16.9 Å². The van der Waals surface area contributed by atoms with Crippen molar-refractivity contribution in [3.63, 3.8) is 0 Å². The molecule has 0 aliphatic carbocycles. The zero-order valence-electron chi connectivity index (χ0n) is 18.3. The molecule has 0 saturated carbocycles. The van der Waals surface area contributed by atoms with Gasteiger partial charge in [-0.1, -0.05) is 12.1 Å². The Morgan fingerprint density at radius 2 is 1.79 bits per heavy atom. The van der Waals surface area contributed by atoms with Gasteiger partial charge in [-0.2, -0.15) is 0 Å². The Kier molecular flexibility index (Phi) is 5.63. The van der Waals surface area contributed by atoms with Gasteiger partial charge in [-0.25, -0.2) is 14.2 Å². The number of halogens is 1. The maximum absolute atomic E-state index is 15.3. The summed E-state index contributed by atoms with van der Waals surface area (Å²) in [5.41, 5.74) is 5.52. The molecule has 5 aromatic rings. The van der Waals surface area contributed by atoms with Crippen LogP contribution in [0, 0.1) is 19.3 Å². The number of nitrogens with zero attached hydrogens (tertiary/aromatic N) is 5. The van der Waals surface area contributed by atoms with Crippen molar-refractivity contribution in [2.75, 3.05) is 5.32 Å². The number of fused-ring (bicyclic) bond motifs is 1. The molecule has 4 heterocycles. The summed E-state index contributed by atoms with van der Waals surface area (Å²) in [5.74, 6) is -0.296. The van der Waals surface area contributed by atoms with Crippen LogP contribution in [0.3, 0.4) is 0 Å². The van der Waals surface area contributed by atoms with Crippen LogP contribution in [-0.4, -0.2) is 19.9 Å². The second kappa shape index (κ2) is 9.04. The lowest BCUT2D eigenvalue weighted by molar-refractivity contribution is 0.628. The number of pyridine rings is 4. The number of aromatic nitrogens is 4. The smallest absolute Gasteiger partial charge is 0.213 e. The van der Waals surface area contributed by atoms with Crippen LogP contribution in [0.2, 0.25) is 0 Å². The van der Waals surface area contributed by atoms with Gasteiger partial charge in [0.2, 0.25) is 5.69 Å². The fraction of sp³-hybridized carbons (Fsp3) is 0.0741. The van der Waals surface area contributed by atoms with Crippen LogP contribution in [0.1, 0.15) is 11.3 Å². The van der Waals surface area contributed by atoms with E-state index in [1.54, 1.807) is 36.9 Å². The van der Waals surface area contributed by atoms with Crippen LogP contribution in [0.4, 0.5) is 15.9 Å². The number of anilines is 1. The molecule has 0 saturated heterocycles. The Bertz CT molecular complexity index is 1560. The molecule has 0 aliphatic heterocycles. The minimum atomic E-state index is -0.437. The maximum Gasteiger partial charge on any atom is 0.213 e. The summed E-state index contributed by atoms with van der Waals surface area (Å²) in [6.07, 6.45) is 6.69. The van der Waals surface area contributed by atoms with Crippen LogP contribution >= 0.6 is 0 Å².